The number of hydrogen-bond acceptors (Lipinski definition) is 7. The molecule has 11 heteroatoms. The SMILES string of the molecule is CC(C)(C)c1noc(C(=O)NCc2ccc(-c3nn(C4CCCCO4)c4ncc(Br)cc34)cc2F)n1. The summed E-state index contributed by atoms with van der Waals surface area (Å²) < 4.78 is 28.7. The minimum atomic E-state index is -0.561. The highest BCUT2D eigenvalue weighted by molar-refractivity contribution is 9.10. The molecule has 3 aromatic heterocycles. The predicted octanol–water partition coefficient (Wildman–Crippen LogP) is 5.31. The summed E-state index contributed by atoms with van der Waals surface area (Å²) in [5.41, 5.74) is 1.87. The summed E-state index contributed by atoms with van der Waals surface area (Å²) in [7, 11) is 0. The first-order chi connectivity index (χ1) is 17.2. The van der Waals surface area contributed by atoms with Gasteiger partial charge in [0, 0.05) is 45.7 Å². The van der Waals surface area contributed by atoms with Gasteiger partial charge in [-0.25, -0.2) is 14.1 Å². The molecule has 1 aliphatic rings. The molecule has 1 saturated heterocycles. The second-order valence-corrected chi connectivity index (χ2v) is 10.7. The van der Waals surface area contributed by atoms with Crippen LogP contribution in [-0.2, 0) is 16.7 Å². The van der Waals surface area contributed by atoms with Crippen LogP contribution in [0, 0.1) is 5.82 Å². The van der Waals surface area contributed by atoms with Crippen molar-refractivity contribution in [3.05, 3.63) is 58.0 Å². The molecule has 9 nitrogen and oxygen atoms in total. The molecule has 1 fully saturated rings. The molecule has 1 N–H and O–H groups in total. The highest BCUT2D eigenvalue weighted by Crippen LogP contribution is 2.33. The molecule has 0 saturated carbocycles. The zero-order valence-electron chi connectivity index (χ0n) is 20.2. The van der Waals surface area contributed by atoms with Crippen LogP contribution in [0.3, 0.4) is 0 Å². The van der Waals surface area contributed by atoms with Gasteiger partial charge in [-0.15, -0.1) is 0 Å². The number of halogens is 2. The van der Waals surface area contributed by atoms with Gasteiger partial charge in [0.05, 0.1) is 0 Å². The summed E-state index contributed by atoms with van der Waals surface area (Å²) >= 11 is 3.47. The number of amides is 1. The Labute approximate surface area is 215 Å². The molecule has 1 aliphatic heterocycles. The van der Waals surface area contributed by atoms with Gasteiger partial charge in [-0.2, -0.15) is 10.1 Å². The third-order valence-corrected chi connectivity index (χ3v) is 6.43. The van der Waals surface area contributed by atoms with Gasteiger partial charge in [0.25, 0.3) is 0 Å². The van der Waals surface area contributed by atoms with E-state index in [-0.39, 0.29) is 24.1 Å². The molecular weight excluding hydrogens is 531 g/mol. The number of carbonyl (C=O) groups excluding carboxylic acids is 1. The number of aromatic nitrogens is 5. The first-order valence-electron chi connectivity index (χ1n) is 11.8. The number of nitrogens with one attached hydrogen (secondary N) is 1. The summed E-state index contributed by atoms with van der Waals surface area (Å²) in [5.74, 6) is -0.755. The van der Waals surface area contributed by atoms with E-state index in [0.717, 1.165) is 29.1 Å². The van der Waals surface area contributed by atoms with E-state index in [2.05, 4.69) is 36.4 Å². The maximum atomic E-state index is 15.1. The maximum Gasteiger partial charge on any atom is 0.315 e. The Morgan fingerprint density at radius 1 is 1.28 bits per heavy atom. The molecule has 5 rings (SSSR count). The number of fused-ring (bicyclic) bond motifs is 1. The number of pyridine rings is 1. The van der Waals surface area contributed by atoms with E-state index in [1.807, 2.05) is 26.8 Å². The van der Waals surface area contributed by atoms with E-state index in [4.69, 9.17) is 14.4 Å². The van der Waals surface area contributed by atoms with Gasteiger partial charge in [-0.1, -0.05) is 38.1 Å². The van der Waals surface area contributed by atoms with Crippen LogP contribution in [0.25, 0.3) is 22.3 Å². The fraction of sp³-hybridized carbons (Fsp3) is 0.400. The van der Waals surface area contributed by atoms with Crippen molar-refractivity contribution in [2.75, 3.05) is 6.61 Å². The molecule has 0 spiro atoms. The van der Waals surface area contributed by atoms with Crippen molar-refractivity contribution >= 4 is 32.9 Å². The van der Waals surface area contributed by atoms with Gasteiger partial charge in [-0.05, 0) is 47.3 Å². The quantitative estimate of drug-likeness (QED) is 0.354. The Balaban J connectivity index is 1.38. The van der Waals surface area contributed by atoms with Gasteiger partial charge in [0.2, 0.25) is 0 Å². The van der Waals surface area contributed by atoms with Crippen LogP contribution in [0.1, 0.15) is 68.3 Å². The number of rotatable bonds is 5. The lowest BCUT2D eigenvalue weighted by Crippen LogP contribution is -2.24. The molecule has 0 aliphatic carbocycles. The van der Waals surface area contributed by atoms with Crippen LogP contribution in [0.5, 0.6) is 0 Å². The fourth-order valence-electron chi connectivity index (χ4n) is 4.04. The smallest absolute Gasteiger partial charge is 0.315 e. The average molecular weight is 557 g/mol. The monoisotopic (exact) mass is 556 g/mol. The van der Waals surface area contributed by atoms with Crippen molar-refractivity contribution in [3.8, 4) is 11.3 Å². The van der Waals surface area contributed by atoms with Gasteiger partial charge >= 0.3 is 11.8 Å². The molecule has 1 aromatic carbocycles. The lowest BCUT2D eigenvalue weighted by Gasteiger charge is -2.23. The zero-order chi connectivity index (χ0) is 25.4. The molecule has 1 atom stereocenters. The van der Waals surface area contributed by atoms with Crippen LogP contribution >= 0.6 is 15.9 Å². The van der Waals surface area contributed by atoms with Crippen molar-refractivity contribution in [2.45, 2.75) is 58.2 Å². The minimum absolute atomic E-state index is 0.0314. The van der Waals surface area contributed by atoms with Crippen molar-refractivity contribution in [1.29, 1.82) is 0 Å². The minimum Gasteiger partial charge on any atom is -0.356 e. The van der Waals surface area contributed by atoms with Crippen LogP contribution < -0.4 is 5.32 Å². The Hall–Kier alpha value is -3.18. The highest BCUT2D eigenvalue weighted by Gasteiger charge is 2.25. The van der Waals surface area contributed by atoms with Gasteiger partial charge in [-0.3, -0.25) is 4.79 Å². The topological polar surface area (TPSA) is 108 Å². The first-order valence-corrected chi connectivity index (χ1v) is 12.6. The number of hydrogen-bond donors (Lipinski definition) is 1. The van der Waals surface area contributed by atoms with Gasteiger partial charge < -0.3 is 14.6 Å². The van der Waals surface area contributed by atoms with Crippen LogP contribution in [0.15, 0.2) is 39.5 Å². The largest absolute Gasteiger partial charge is 0.356 e. The molecular formula is C25H26BrFN6O3. The van der Waals surface area contributed by atoms with Crippen molar-refractivity contribution in [1.82, 2.24) is 30.2 Å². The molecule has 4 heterocycles. The van der Waals surface area contributed by atoms with E-state index in [1.54, 1.807) is 23.0 Å². The van der Waals surface area contributed by atoms with Crippen LogP contribution in [-0.4, -0.2) is 37.4 Å². The molecule has 1 amide bonds. The van der Waals surface area contributed by atoms with E-state index in [9.17, 15) is 4.79 Å². The van der Waals surface area contributed by atoms with Crippen molar-refractivity contribution in [2.24, 2.45) is 0 Å². The van der Waals surface area contributed by atoms with Crippen molar-refractivity contribution < 1.29 is 18.4 Å². The maximum absolute atomic E-state index is 15.1. The Bertz CT molecular complexity index is 1420. The fourth-order valence-corrected chi connectivity index (χ4v) is 4.37. The van der Waals surface area contributed by atoms with E-state index in [1.165, 1.54) is 6.07 Å². The lowest BCUT2D eigenvalue weighted by atomic mass is 9.96. The second-order valence-electron chi connectivity index (χ2n) is 9.80. The number of ether oxygens (including phenoxy) is 1. The number of carbonyl (C=O) groups is 1. The Morgan fingerprint density at radius 3 is 2.81 bits per heavy atom. The molecule has 0 radical (unpaired) electrons. The molecule has 36 heavy (non-hydrogen) atoms. The summed E-state index contributed by atoms with van der Waals surface area (Å²) in [5, 5.41) is 12.1. The molecule has 4 aromatic rings. The third kappa shape index (κ3) is 4.90. The lowest BCUT2D eigenvalue weighted by molar-refractivity contribution is -0.0368. The van der Waals surface area contributed by atoms with Gasteiger partial charge in [0.1, 0.15) is 11.5 Å². The summed E-state index contributed by atoms with van der Waals surface area (Å²) in [6, 6.07) is 6.75. The normalized spacial score (nSPS) is 16.4. The van der Waals surface area contributed by atoms with E-state index in [0.29, 0.717) is 34.9 Å². The van der Waals surface area contributed by atoms with Gasteiger partial charge in [0.15, 0.2) is 17.7 Å². The van der Waals surface area contributed by atoms with E-state index >= 15 is 4.39 Å². The zero-order valence-corrected chi connectivity index (χ0v) is 21.8. The average Bonchev–Trinajstić information content (AvgIpc) is 3.49. The number of nitrogens with zero attached hydrogens (tertiary/aromatic N) is 5. The van der Waals surface area contributed by atoms with Crippen LogP contribution in [0.4, 0.5) is 4.39 Å². The van der Waals surface area contributed by atoms with Crippen LogP contribution in [0.2, 0.25) is 0 Å². The second kappa shape index (κ2) is 9.70. The highest BCUT2D eigenvalue weighted by atomic mass is 79.9. The Kier molecular flexibility index (Phi) is 6.60. The third-order valence-electron chi connectivity index (χ3n) is 6.00. The Morgan fingerprint density at radius 2 is 2.11 bits per heavy atom. The van der Waals surface area contributed by atoms with E-state index < -0.39 is 11.7 Å². The summed E-state index contributed by atoms with van der Waals surface area (Å²) in [4.78, 5) is 21.1. The summed E-state index contributed by atoms with van der Waals surface area (Å²) in [6.45, 7) is 6.39. The molecule has 1 unspecified atom stereocenters. The molecule has 188 valence electrons. The predicted molar refractivity (Wildman–Crippen MR) is 134 cm³/mol. The number of benzene rings is 1. The standard InChI is InChI=1S/C25H26BrFN6O3/c1-25(2,3)24-30-23(36-32-24)22(34)29-12-15-8-7-14(10-18(15)27)20-17-11-16(26)13-28-21(17)33(31-20)19-6-4-5-9-35-19/h7-8,10-11,13,19H,4-6,9,12H2,1-3H3,(H,29,34). The first kappa shape index (κ1) is 24.5. The van der Waals surface area contributed by atoms with Crippen molar-refractivity contribution in [3.63, 3.8) is 0 Å². The summed E-state index contributed by atoms with van der Waals surface area (Å²) in [6.07, 6.45) is 4.43. The molecule has 0 bridgehead atoms.